The van der Waals surface area contributed by atoms with Crippen molar-refractivity contribution < 1.29 is 29.3 Å². The Morgan fingerprint density at radius 1 is 1.10 bits per heavy atom. The van der Waals surface area contributed by atoms with E-state index >= 15 is 0 Å². The molecule has 1 heterocycles. The van der Waals surface area contributed by atoms with Crippen molar-refractivity contribution in [3.8, 4) is 0 Å². The number of esters is 2. The van der Waals surface area contributed by atoms with Crippen LogP contribution in [0.5, 0.6) is 0 Å². The van der Waals surface area contributed by atoms with E-state index in [-0.39, 0.29) is 25.4 Å². The Labute approximate surface area is 118 Å². The van der Waals surface area contributed by atoms with Gasteiger partial charge in [-0.05, 0) is 20.3 Å². The van der Waals surface area contributed by atoms with Crippen molar-refractivity contribution in [3.05, 3.63) is 12.2 Å². The van der Waals surface area contributed by atoms with Crippen molar-refractivity contribution in [2.45, 2.75) is 63.9 Å². The number of hydrogen-bond donors (Lipinski definition) is 2. The van der Waals surface area contributed by atoms with Gasteiger partial charge in [-0.2, -0.15) is 0 Å². The fourth-order valence-corrected chi connectivity index (χ4v) is 1.93. The van der Waals surface area contributed by atoms with Gasteiger partial charge in [-0.3, -0.25) is 4.79 Å². The molecule has 1 aliphatic heterocycles. The van der Waals surface area contributed by atoms with E-state index in [0.717, 1.165) is 0 Å². The lowest BCUT2D eigenvalue weighted by Gasteiger charge is -2.21. The predicted molar refractivity (Wildman–Crippen MR) is 70.7 cm³/mol. The molecule has 0 aromatic rings. The summed E-state index contributed by atoms with van der Waals surface area (Å²) in [6, 6.07) is 0. The maximum absolute atomic E-state index is 11.5. The first-order valence-corrected chi connectivity index (χ1v) is 6.81. The zero-order valence-corrected chi connectivity index (χ0v) is 11.8. The van der Waals surface area contributed by atoms with Gasteiger partial charge >= 0.3 is 11.9 Å². The summed E-state index contributed by atoms with van der Waals surface area (Å²) in [5.41, 5.74) is 0. The fourth-order valence-electron chi connectivity index (χ4n) is 1.93. The van der Waals surface area contributed by atoms with Crippen LogP contribution in [0.3, 0.4) is 0 Å². The summed E-state index contributed by atoms with van der Waals surface area (Å²) in [5.74, 6) is -0.945. The summed E-state index contributed by atoms with van der Waals surface area (Å²) in [7, 11) is 0. The summed E-state index contributed by atoms with van der Waals surface area (Å²) in [6.45, 7) is 3.36. The molecule has 0 radical (unpaired) electrons. The molecule has 0 saturated carbocycles. The van der Waals surface area contributed by atoms with E-state index in [1.807, 2.05) is 0 Å². The highest BCUT2D eigenvalue weighted by molar-refractivity contribution is 5.82. The van der Waals surface area contributed by atoms with Gasteiger partial charge < -0.3 is 19.7 Å². The monoisotopic (exact) mass is 286 g/mol. The van der Waals surface area contributed by atoms with Crippen LogP contribution in [-0.4, -0.2) is 46.6 Å². The Bertz CT molecular complexity index is 365. The number of cyclic esters (lactones) is 2. The van der Waals surface area contributed by atoms with Gasteiger partial charge in [0.1, 0.15) is 12.2 Å². The summed E-state index contributed by atoms with van der Waals surface area (Å²) < 4.78 is 10.2. The lowest BCUT2D eigenvalue weighted by Crippen LogP contribution is -2.31. The molecule has 0 bridgehead atoms. The van der Waals surface area contributed by atoms with Gasteiger partial charge in [0.25, 0.3) is 0 Å². The Morgan fingerprint density at radius 3 is 2.50 bits per heavy atom. The van der Waals surface area contributed by atoms with Gasteiger partial charge in [-0.25, -0.2) is 4.79 Å². The van der Waals surface area contributed by atoms with Crippen molar-refractivity contribution in [1.29, 1.82) is 0 Å². The summed E-state index contributed by atoms with van der Waals surface area (Å²) in [5, 5.41) is 19.5. The van der Waals surface area contributed by atoms with E-state index in [2.05, 4.69) is 0 Å². The van der Waals surface area contributed by atoms with Crippen LogP contribution in [0.15, 0.2) is 12.2 Å². The van der Waals surface area contributed by atoms with E-state index in [0.29, 0.717) is 6.42 Å². The molecule has 20 heavy (non-hydrogen) atoms. The summed E-state index contributed by atoms with van der Waals surface area (Å²) in [4.78, 5) is 23.0. The third-order valence-corrected chi connectivity index (χ3v) is 3.03. The molecule has 4 atom stereocenters. The standard InChI is InChI=1S/C14H22O6/c1-9-4-3-5-13(17)20-10(2)8-12(16)11(15)6-7-14(18)19-9/h3,5,9-12,15-16H,4,6-8H2,1-2H3/t9-,10-,11-,12-/m1/s1. The third kappa shape index (κ3) is 6.16. The van der Waals surface area contributed by atoms with Gasteiger partial charge in [0, 0.05) is 25.3 Å². The number of rotatable bonds is 0. The van der Waals surface area contributed by atoms with Crippen LogP contribution in [0, 0.1) is 0 Å². The first-order chi connectivity index (χ1) is 9.38. The molecule has 0 saturated heterocycles. The van der Waals surface area contributed by atoms with E-state index in [1.165, 1.54) is 6.08 Å². The van der Waals surface area contributed by atoms with E-state index in [1.54, 1.807) is 19.9 Å². The molecule has 1 aliphatic rings. The first kappa shape index (κ1) is 16.7. The molecule has 1 rings (SSSR count). The Kier molecular flexibility index (Phi) is 6.67. The molecule has 6 nitrogen and oxygen atoms in total. The predicted octanol–water partition coefficient (Wildman–Crippen LogP) is 0.702. The Morgan fingerprint density at radius 2 is 1.80 bits per heavy atom. The maximum atomic E-state index is 11.5. The molecular formula is C14H22O6. The lowest BCUT2D eigenvalue weighted by atomic mass is 10.0. The van der Waals surface area contributed by atoms with Gasteiger partial charge in [0.05, 0.1) is 12.2 Å². The molecular weight excluding hydrogens is 264 g/mol. The van der Waals surface area contributed by atoms with Crippen molar-refractivity contribution in [2.24, 2.45) is 0 Å². The minimum atomic E-state index is -1.05. The number of carbonyl (C=O) groups excluding carboxylic acids is 2. The van der Waals surface area contributed by atoms with Crippen LogP contribution in [0.4, 0.5) is 0 Å². The normalized spacial score (nSPS) is 34.0. The highest BCUT2D eigenvalue weighted by Gasteiger charge is 2.22. The van der Waals surface area contributed by atoms with Crippen molar-refractivity contribution in [2.75, 3.05) is 0 Å². The van der Waals surface area contributed by atoms with Crippen LogP contribution in [0.1, 0.15) is 39.5 Å². The van der Waals surface area contributed by atoms with Crippen LogP contribution < -0.4 is 0 Å². The first-order valence-electron chi connectivity index (χ1n) is 6.81. The molecule has 0 spiro atoms. The Balaban J connectivity index is 2.70. The fraction of sp³-hybridized carbons (Fsp3) is 0.714. The zero-order chi connectivity index (χ0) is 15.1. The Hall–Kier alpha value is -1.40. The zero-order valence-electron chi connectivity index (χ0n) is 11.8. The minimum Gasteiger partial charge on any atom is -0.462 e. The summed E-state index contributed by atoms with van der Waals surface area (Å²) in [6.07, 6.45) is 0.598. The highest BCUT2D eigenvalue weighted by atomic mass is 16.5. The second-order valence-corrected chi connectivity index (χ2v) is 5.10. The summed E-state index contributed by atoms with van der Waals surface area (Å²) >= 11 is 0. The van der Waals surface area contributed by atoms with E-state index < -0.39 is 30.3 Å². The largest absolute Gasteiger partial charge is 0.462 e. The molecule has 114 valence electrons. The van der Waals surface area contributed by atoms with Gasteiger partial charge in [0.15, 0.2) is 0 Å². The lowest BCUT2D eigenvalue weighted by molar-refractivity contribution is -0.149. The van der Waals surface area contributed by atoms with Crippen LogP contribution >= 0.6 is 0 Å². The highest BCUT2D eigenvalue weighted by Crippen LogP contribution is 2.13. The molecule has 2 N–H and O–H groups in total. The number of hydrogen-bond acceptors (Lipinski definition) is 6. The van der Waals surface area contributed by atoms with Gasteiger partial charge in [-0.15, -0.1) is 0 Å². The average Bonchev–Trinajstić information content (AvgIpc) is 2.34. The number of ether oxygens (including phenoxy) is 2. The molecule has 0 amide bonds. The van der Waals surface area contributed by atoms with E-state index in [9.17, 15) is 19.8 Å². The minimum absolute atomic E-state index is 0.0421. The molecule has 0 aromatic heterocycles. The van der Waals surface area contributed by atoms with Crippen molar-refractivity contribution >= 4 is 11.9 Å². The van der Waals surface area contributed by atoms with E-state index in [4.69, 9.17) is 9.47 Å². The van der Waals surface area contributed by atoms with Crippen molar-refractivity contribution in [3.63, 3.8) is 0 Å². The molecule has 0 unspecified atom stereocenters. The van der Waals surface area contributed by atoms with Crippen LogP contribution in [0.2, 0.25) is 0 Å². The van der Waals surface area contributed by atoms with Crippen LogP contribution in [-0.2, 0) is 19.1 Å². The quantitative estimate of drug-likeness (QED) is 0.637. The molecule has 6 heteroatoms. The smallest absolute Gasteiger partial charge is 0.330 e. The maximum Gasteiger partial charge on any atom is 0.330 e. The van der Waals surface area contributed by atoms with Gasteiger partial charge in [0.2, 0.25) is 0 Å². The third-order valence-electron chi connectivity index (χ3n) is 3.03. The molecule has 0 fully saturated rings. The average molecular weight is 286 g/mol. The van der Waals surface area contributed by atoms with Crippen LogP contribution in [0.25, 0.3) is 0 Å². The second kappa shape index (κ2) is 8.01. The second-order valence-electron chi connectivity index (χ2n) is 5.10. The van der Waals surface area contributed by atoms with Crippen molar-refractivity contribution in [1.82, 2.24) is 0 Å². The number of aliphatic hydroxyl groups is 2. The SMILES string of the molecule is C[C@@H]1C[C@@H](O)[C@H](O)CCC(=O)O[C@H](C)CC=CC(=O)O1. The molecule has 0 aromatic carbocycles. The topological polar surface area (TPSA) is 93.1 Å². The molecule has 0 aliphatic carbocycles. The number of carbonyl (C=O) groups is 2. The van der Waals surface area contributed by atoms with Gasteiger partial charge in [-0.1, -0.05) is 6.08 Å². The number of aliphatic hydroxyl groups excluding tert-OH is 2.